The van der Waals surface area contributed by atoms with Crippen LogP contribution in [0.15, 0.2) is 59.5 Å². The molecule has 7 nitrogen and oxygen atoms in total. The van der Waals surface area contributed by atoms with Crippen LogP contribution in [0.1, 0.15) is 11.1 Å². The molecule has 0 aromatic heterocycles. The molecule has 2 aromatic rings. The highest BCUT2D eigenvalue weighted by atomic mass is 32.2. The van der Waals surface area contributed by atoms with Gasteiger partial charge in [-0.3, -0.25) is 20.4 Å². The Morgan fingerprint density at radius 2 is 1.71 bits per heavy atom. The number of benzene rings is 2. The molecule has 0 fully saturated rings. The van der Waals surface area contributed by atoms with Crippen LogP contribution in [0.4, 0.5) is 4.39 Å². The summed E-state index contributed by atoms with van der Waals surface area (Å²) in [6.07, 6.45) is 2.30. The fourth-order valence-electron chi connectivity index (χ4n) is 2.17. The number of likely N-dealkylation sites (N-methyl/N-ethyl adjacent to an activating group) is 1. The lowest BCUT2D eigenvalue weighted by molar-refractivity contribution is -0.126. The first kappa shape index (κ1) is 21.3. The summed E-state index contributed by atoms with van der Waals surface area (Å²) in [5.74, 6) is -1.91. The summed E-state index contributed by atoms with van der Waals surface area (Å²) < 4.78 is 39.2. The van der Waals surface area contributed by atoms with E-state index in [-0.39, 0.29) is 10.5 Å². The summed E-state index contributed by atoms with van der Waals surface area (Å²) in [5, 5.41) is 0. The third-order valence-electron chi connectivity index (χ3n) is 3.74. The van der Waals surface area contributed by atoms with E-state index in [0.29, 0.717) is 0 Å². The highest BCUT2D eigenvalue weighted by Gasteiger charge is 2.22. The zero-order chi connectivity index (χ0) is 20.7. The maximum atomic E-state index is 13.5. The van der Waals surface area contributed by atoms with E-state index in [0.717, 1.165) is 15.9 Å². The molecule has 9 heteroatoms. The average molecular weight is 405 g/mol. The molecule has 0 radical (unpaired) electrons. The molecule has 0 unspecified atom stereocenters. The molecule has 0 atom stereocenters. The first-order valence-corrected chi connectivity index (χ1v) is 9.68. The number of hydrazine groups is 1. The number of carbonyl (C=O) groups excluding carboxylic acids is 2. The highest BCUT2D eigenvalue weighted by Crippen LogP contribution is 2.14. The van der Waals surface area contributed by atoms with E-state index in [2.05, 4.69) is 10.9 Å². The first-order valence-electron chi connectivity index (χ1n) is 8.24. The smallest absolute Gasteiger partial charge is 0.262 e. The second-order valence-corrected chi connectivity index (χ2v) is 8.01. The van der Waals surface area contributed by atoms with Crippen LogP contribution in [0.3, 0.4) is 0 Å². The van der Waals surface area contributed by atoms with Crippen LogP contribution in [-0.2, 0) is 19.6 Å². The molecular weight excluding hydrogens is 385 g/mol. The number of hydrogen-bond acceptors (Lipinski definition) is 4. The molecule has 0 heterocycles. The molecule has 2 aromatic carbocycles. The van der Waals surface area contributed by atoms with E-state index < -0.39 is 34.2 Å². The van der Waals surface area contributed by atoms with Crippen LogP contribution in [0.2, 0.25) is 0 Å². The molecule has 0 aliphatic heterocycles. The van der Waals surface area contributed by atoms with Gasteiger partial charge in [-0.1, -0.05) is 35.9 Å². The molecule has 0 aliphatic carbocycles. The Morgan fingerprint density at radius 1 is 1.07 bits per heavy atom. The predicted octanol–water partition coefficient (Wildman–Crippen LogP) is 1.62. The van der Waals surface area contributed by atoms with Crippen molar-refractivity contribution in [1.29, 1.82) is 0 Å². The molecule has 28 heavy (non-hydrogen) atoms. The lowest BCUT2D eigenvalue weighted by Gasteiger charge is -2.17. The fraction of sp³-hybridized carbons (Fsp3) is 0.158. The number of nitrogens with one attached hydrogen (secondary N) is 2. The van der Waals surface area contributed by atoms with Gasteiger partial charge in [0.25, 0.3) is 11.8 Å². The number of hydrogen-bond donors (Lipinski definition) is 2. The molecule has 148 valence electrons. The van der Waals surface area contributed by atoms with Crippen LogP contribution in [0.5, 0.6) is 0 Å². The Morgan fingerprint density at radius 3 is 2.36 bits per heavy atom. The normalized spacial score (nSPS) is 11.6. The van der Waals surface area contributed by atoms with Crippen LogP contribution in [0.25, 0.3) is 6.08 Å². The third-order valence-corrected chi connectivity index (χ3v) is 5.56. The molecule has 2 amide bonds. The molecule has 2 N–H and O–H groups in total. The number of rotatable bonds is 6. The first-order chi connectivity index (χ1) is 13.2. The predicted molar refractivity (Wildman–Crippen MR) is 103 cm³/mol. The van der Waals surface area contributed by atoms with Crippen LogP contribution in [0, 0.1) is 12.7 Å². The minimum Gasteiger partial charge on any atom is -0.272 e. The SMILES string of the molecule is Cc1ccc(S(=O)(=O)N(C)CC(=O)NNC(=O)/C=C/c2ccccc2F)cc1. The van der Waals surface area contributed by atoms with Crippen molar-refractivity contribution in [1.82, 2.24) is 15.2 Å². The van der Waals surface area contributed by atoms with Crippen molar-refractivity contribution >= 4 is 27.9 Å². The maximum Gasteiger partial charge on any atom is 0.262 e. The van der Waals surface area contributed by atoms with Crippen molar-refractivity contribution in [2.75, 3.05) is 13.6 Å². The second kappa shape index (κ2) is 9.25. The van der Waals surface area contributed by atoms with Crippen molar-refractivity contribution in [2.24, 2.45) is 0 Å². The van der Waals surface area contributed by atoms with Gasteiger partial charge in [-0.2, -0.15) is 4.31 Å². The van der Waals surface area contributed by atoms with Crippen molar-refractivity contribution in [3.8, 4) is 0 Å². The summed E-state index contributed by atoms with van der Waals surface area (Å²) in [6.45, 7) is 1.34. The van der Waals surface area contributed by atoms with Crippen molar-refractivity contribution in [2.45, 2.75) is 11.8 Å². The van der Waals surface area contributed by atoms with Gasteiger partial charge in [0.2, 0.25) is 10.0 Å². The molecule has 0 spiro atoms. The number of aryl methyl sites for hydroxylation is 1. The topological polar surface area (TPSA) is 95.6 Å². The summed E-state index contributed by atoms with van der Waals surface area (Å²) >= 11 is 0. The number of sulfonamides is 1. The van der Waals surface area contributed by atoms with Crippen LogP contribution < -0.4 is 10.9 Å². The van der Waals surface area contributed by atoms with E-state index >= 15 is 0 Å². The molecule has 0 saturated carbocycles. The largest absolute Gasteiger partial charge is 0.272 e. The van der Waals surface area contributed by atoms with Gasteiger partial charge in [-0.25, -0.2) is 12.8 Å². The van der Waals surface area contributed by atoms with Gasteiger partial charge in [0, 0.05) is 18.7 Å². The van der Waals surface area contributed by atoms with E-state index in [1.54, 1.807) is 18.2 Å². The number of carbonyl (C=O) groups is 2. The second-order valence-electron chi connectivity index (χ2n) is 5.97. The van der Waals surface area contributed by atoms with Gasteiger partial charge in [-0.15, -0.1) is 0 Å². The van der Waals surface area contributed by atoms with Gasteiger partial charge in [0.05, 0.1) is 11.4 Å². The van der Waals surface area contributed by atoms with Crippen molar-refractivity contribution < 1.29 is 22.4 Å². The number of nitrogens with zero attached hydrogens (tertiary/aromatic N) is 1. The Hall–Kier alpha value is -3.04. The van der Waals surface area contributed by atoms with Crippen LogP contribution in [-0.4, -0.2) is 38.1 Å². The zero-order valence-electron chi connectivity index (χ0n) is 15.3. The summed E-state index contributed by atoms with van der Waals surface area (Å²) in [7, 11) is -2.58. The molecular formula is C19H20FN3O4S. The van der Waals surface area contributed by atoms with Gasteiger partial charge >= 0.3 is 0 Å². The average Bonchev–Trinajstić information content (AvgIpc) is 2.66. The van der Waals surface area contributed by atoms with Gasteiger partial charge in [-0.05, 0) is 31.2 Å². The summed E-state index contributed by atoms with van der Waals surface area (Å²) in [6, 6.07) is 12.1. The Balaban J connectivity index is 1.88. The molecule has 0 aliphatic rings. The number of amides is 2. The van der Waals surface area contributed by atoms with Crippen LogP contribution >= 0.6 is 0 Å². The van der Waals surface area contributed by atoms with Gasteiger partial charge < -0.3 is 0 Å². The minimum absolute atomic E-state index is 0.0604. The van der Waals surface area contributed by atoms with Crippen molar-refractivity contribution in [3.63, 3.8) is 0 Å². The van der Waals surface area contributed by atoms with E-state index in [4.69, 9.17) is 0 Å². The Labute approximate surface area is 162 Å². The molecule has 2 rings (SSSR count). The van der Waals surface area contributed by atoms with E-state index in [1.807, 2.05) is 6.92 Å². The van der Waals surface area contributed by atoms with Gasteiger partial charge in [0.1, 0.15) is 5.82 Å². The zero-order valence-corrected chi connectivity index (χ0v) is 16.2. The van der Waals surface area contributed by atoms with Gasteiger partial charge in [0.15, 0.2) is 0 Å². The Kier molecular flexibility index (Phi) is 7.02. The monoisotopic (exact) mass is 405 g/mol. The van der Waals surface area contributed by atoms with E-state index in [1.165, 1.54) is 43.5 Å². The summed E-state index contributed by atoms with van der Waals surface area (Å²) in [4.78, 5) is 23.7. The minimum atomic E-state index is -3.84. The van der Waals surface area contributed by atoms with Crippen molar-refractivity contribution in [3.05, 3.63) is 71.6 Å². The van der Waals surface area contributed by atoms with E-state index in [9.17, 15) is 22.4 Å². The fourth-order valence-corrected chi connectivity index (χ4v) is 3.29. The quantitative estimate of drug-likeness (QED) is 0.564. The molecule has 0 saturated heterocycles. The highest BCUT2D eigenvalue weighted by molar-refractivity contribution is 7.89. The maximum absolute atomic E-state index is 13.5. The summed E-state index contributed by atoms with van der Waals surface area (Å²) in [5.41, 5.74) is 5.34. The lowest BCUT2D eigenvalue weighted by Crippen LogP contribution is -2.46. The number of halogens is 1. The third kappa shape index (κ3) is 5.73. The standard InChI is InChI=1S/C19H20FN3O4S/c1-14-7-10-16(11-8-14)28(26,27)23(2)13-19(25)22-21-18(24)12-9-15-5-3-4-6-17(15)20/h3-12H,13H2,1-2H3,(H,21,24)(H,22,25)/b12-9+. The molecule has 0 bridgehead atoms. The Bertz CT molecular complexity index is 988. The lowest BCUT2D eigenvalue weighted by atomic mass is 10.2.